The van der Waals surface area contributed by atoms with Crippen molar-refractivity contribution in [2.75, 3.05) is 11.4 Å². The average molecular weight is 463 g/mol. The highest BCUT2D eigenvalue weighted by atomic mass is 19.3. The van der Waals surface area contributed by atoms with Crippen molar-refractivity contribution in [2.45, 2.75) is 46.6 Å². The van der Waals surface area contributed by atoms with E-state index in [4.69, 9.17) is 5.11 Å². The first-order valence-corrected chi connectivity index (χ1v) is 10.2. The lowest BCUT2D eigenvalue weighted by molar-refractivity contribution is 0.102. The quantitative estimate of drug-likeness (QED) is 0.413. The van der Waals surface area contributed by atoms with Gasteiger partial charge in [-0.15, -0.1) is 10.2 Å². The summed E-state index contributed by atoms with van der Waals surface area (Å²) >= 11 is 0. The minimum Gasteiger partial charge on any atom is -0.391 e. The first-order chi connectivity index (χ1) is 15.3. The van der Waals surface area contributed by atoms with E-state index in [1.807, 2.05) is 0 Å². The largest absolute Gasteiger partial charge is 0.391 e. The van der Waals surface area contributed by atoms with Crippen LogP contribution in [0, 0.1) is 25.5 Å². The number of anilines is 2. The molecule has 0 unspecified atom stereocenters. The van der Waals surface area contributed by atoms with Gasteiger partial charge in [0.05, 0.1) is 23.0 Å². The molecule has 2 heterocycles. The number of nitrogens with zero attached hydrogens (tertiary/aromatic N) is 5. The van der Waals surface area contributed by atoms with Gasteiger partial charge in [0, 0.05) is 5.69 Å². The molecule has 33 heavy (non-hydrogen) atoms. The minimum absolute atomic E-state index is 0.0282. The molecule has 0 spiro atoms. The van der Waals surface area contributed by atoms with E-state index >= 15 is 0 Å². The van der Waals surface area contributed by atoms with Crippen LogP contribution in [0.5, 0.6) is 0 Å². The smallest absolute Gasteiger partial charge is 0.257 e. The standard InChI is InChI=1S/C19H15F4N5.C4H10O/c1-10-6-12(20)8-13(7-10)27(9-16(22)23)18-17-14(21)4-3-5-15(17)28-11(2)25-26-19(28)24-18;1-4(2,3)5/h3-8,16H,9H2,1-2H3;5H,1-3H3. The fourth-order valence-electron chi connectivity index (χ4n) is 3.30. The van der Waals surface area contributed by atoms with Gasteiger partial charge >= 0.3 is 0 Å². The zero-order valence-electron chi connectivity index (χ0n) is 18.9. The van der Waals surface area contributed by atoms with Crippen molar-refractivity contribution in [1.82, 2.24) is 19.6 Å². The number of hydrogen-bond donors (Lipinski definition) is 1. The second-order valence-electron chi connectivity index (χ2n) is 8.61. The lowest BCUT2D eigenvalue weighted by atomic mass is 10.1. The van der Waals surface area contributed by atoms with Gasteiger partial charge in [-0.2, -0.15) is 4.98 Å². The van der Waals surface area contributed by atoms with Crippen LogP contribution in [0.25, 0.3) is 16.7 Å². The summed E-state index contributed by atoms with van der Waals surface area (Å²) in [4.78, 5) is 5.40. The zero-order valence-corrected chi connectivity index (χ0v) is 18.9. The van der Waals surface area contributed by atoms with E-state index < -0.39 is 30.2 Å². The molecule has 0 fully saturated rings. The maximum absolute atomic E-state index is 14.8. The van der Waals surface area contributed by atoms with Crippen LogP contribution in [-0.2, 0) is 0 Å². The van der Waals surface area contributed by atoms with Gasteiger partial charge in [0.1, 0.15) is 23.3 Å². The third kappa shape index (κ3) is 5.75. The van der Waals surface area contributed by atoms with Crippen molar-refractivity contribution in [3.63, 3.8) is 0 Å². The maximum atomic E-state index is 14.8. The summed E-state index contributed by atoms with van der Waals surface area (Å²) < 4.78 is 57.1. The summed E-state index contributed by atoms with van der Waals surface area (Å²) in [6, 6.07) is 8.29. The molecule has 6 nitrogen and oxygen atoms in total. The van der Waals surface area contributed by atoms with E-state index in [1.165, 1.54) is 18.2 Å². The Morgan fingerprint density at radius 1 is 1.06 bits per heavy atom. The molecule has 4 aromatic rings. The Hall–Kier alpha value is -3.27. The molecule has 10 heteroatoms. The first-order valence-electron chi connectivity index (χ1n) is 10.2. The summed E-state index contributed by atoms with van der Waals surface area (Å²) in [7, 11) is 0. The molecule has 0 radical (unpaired) electrons. The van der Waals surface area contributed by atoms with Crippen LogP contribution < -0.4 is 4.90 Å². The van der Waals surface area contributed by atoms with E-state index in [0.29, 0.717) is 16.9 Å². The van der Waals surface area contributed by atoms with Gasteiger partial charge in [0.2, 0.25) is 0 Å². The van der Waals surface area contributed by atoms with Crippen LogP contribution in [-0.4, -0.2) is 43.3 Å². The number of halogens is 4. The summed E-state index contributed by atoms with van der Waals surface area (Å²) in [6.45, 7) is 7.76. The zero-order chi connectivity index (χ0) is 24.5. The van der Waals surface area contributed by atoms with E-state index in [0.717, 1.165) is 11.0 Å². The molecule has 0 aliphatic rings. The number of aromatic nitrogens is 4. The van der Waals surface area contributed by atoms with Crippen molar-refractivity contribution < 1.29 is 22.7 Å². The molecule has 1 N–H and O–H groups in total. The normalized spacial score (nSPS) is 11.7. The molecular formula is C23H25F4N5O. The number of aryl methyl sites for hydroxylation is 2. The highest BCUT2D eigenvalue weighted by Gasteiger charge is 2.24. The fourth-order valence-corrected chi connectivity index (χ4v) is 3.30. The first kappa shape index (κ1) is 24.4. The molecule has 2 aromatic heterocycles. The van der Waals surface area contributed by atoms with Crippen LogP contribution in [0.3, 0.4) is 0 Å². The Morgan fingerprint density at radius 3 is 2.33 bits per heavy atom. The number of rotatable bonds is 4. The van der Waals surface area contributed by atoms with Gasteiger partial charge in [0.15, 0.2) is 0 Å². The number of alkyl halides is 2. The highest BCUT2D eigenvalue weighted by Crippen LogP contribution is 2.34. The fraction of sp³-hybridized carbons (Fsp3) is 0.348. The van der Waals surface area contributed by atoms with Gasteiger partial charge in [0.25, 0.3) is 12.2 Å². The number of hydrogen-bond acceptors (Lipinski definition) is 5. The van der Waals surface area contributed by atoms with Crippen LogP contribution in [0.1, 0.15) is 32.2 Å². The third-order valence-corrected chi connectivity index (χ3v) is 4.38. The van der Waals surface area contributed by atoms with Crippen LogP contribution in [0.2, 0.25) is 0 Å². The molecular weight excluding hydrogens is 438 g/mol. The predicted molar refractivity (Wildman–Crippen MR) is 119 cm³/mol. The average Bonchev–Trinajstić information content (AvgIpc) is 3.04. The summed E-state index contributed by atoms with van der Waals surface area (Å²) in [5, 5.41) is 16.4. The number of aliphatic hydroxyl groups is 1. The van der Waals surface area contributed by atoms with Crippen molar-refractivity contribution >= 4 is 28.2 Å². The summed E-state index contributed by atoms with van der Waals surface area (Å²) in [5.74, 6) is -0.677. The van der Waals surface area contributed by atoms with Crippen molar-refractivity contribution in [1.29, 1.82) is 0 Å². The molecule has 4 rings (SSSR count). The second kappa shape index (κ2) is 9.30. The SMILES string of the molecule is CC(C)(C)O.Cc1cc(F)cc(N(CC(F)F)c2nc3nnc(C)n3c3cccc(F)c23)c1. The topological polar surface area (TPSA) is 66.5 Å². The van der Waals surface area contributed by atoms with E-state index in [1.54, 1.807) is 51.2 Å². The Morgan fingerprint density at radius 2 is 1.73 bits per heavy atom. The monoisotopic (exact) mass is 463 g/mol. The summed E-state index contributed by atoms with van der Waals surface area (Å²) in [5.41, 5.74) is 0.573. The van der Waals surface area contributed by atoms with Gasteiger partial charge in [-0.05, 0) is 70.5 Å². The van der Waals surface area contributed by atoms with Crippen LogP contribution in [0.4, 0.5) is 29.1 Å². The second-order valence-corrected chi connectivity index (χ2v) is 8.61. The van der Waals surface area contributed by atoms with Gasteiger partial charge < -0.3 is 10.0 Å². The van der Waals surface area contributed by atoms with Crippen molar-refractivity contribution in [3.8, 4) is 0 Å². The summed E-state index contributed by atoms with van der Waals surface area (Å²) in [6.07, 6.45) is -2.76. The molecule has 0 atom stereocenters. The van der Waals surface area contributed by atoms with Gasteiger partial charge in [-0.1, -0.05) is 6.07 Å². The van der Waals surface area contributed by atoms with Crippen LogP contribution >= 0.6 is 0 Å². The third-order valence-electron chi connectivity index (χ3n) is 4.38. The van der Waals surface area contributed by atoms with E-state index in [2.05, 4.69) is 15.2 Å². The number of fused-ring (bicyclic) bond motifs is 3. The lowest BCUT2D eigenvalue weighted by Crippen LogP contribution is -2.26. The van der Waals surface area contributed by atoms with Gasteiger partial charge in [-0.3, -0.25) is 4.40 Å². The molecule has 2 aromatic carbocycles. The molecule has 0 saturated heterocycles. The van der Waals surface area contributed by atoms with Crippen molar-refractivity contribution in [3.05, 3.63) is 59.4 Å². The van der Waals surface area contributed by atoms with Gasteiger partial charge in [-0.25, -0.2) is 17.6 Å². The lowest BCUT2D eigenvalue weighted by Gasteiger charge is -2.25. The molecule has 0 saturated carbocycles. The Kier molecular flexibility index (Phi) is 6.87. The molecule has 0 aliphatic heterocycles. The Bertz CT molecular complexity index is 1260. The molecule has 176 valence electrons. The van der Waals surface area contributed by atoms with Crippen molar-refractivity contribution in [2.24, 2.45) is 0 Å². The Labute approximate surface area is 188 Å². The molecule has 0 bridgehead atoms. The minimum atomic E-state index is -2.76. The van der Waals surface area contributed by atoms with Crippen LogP contribution in [0.15, 0.2) is 36.4 Å². The predicted octanol–water partition coefficient (Wildman–Crippen LogP) is 5.35. The maximum Gasteiger partial charge on any atom is 0.257 e. The molecule has 0 aliphatic carbocycles. The van der Waals surface area contributed by atoms with E-state index in [9.17, 15) is 17.6 Å². The number of benzene rings is 2. The molecule has 0 amide bonds. The highest BCUT2D eigenvalue weighted by molar-refractivity contribution is 5.94. The Balaban J connectivity index is 0.000000555. The van der Waals surface area contributed by atoms with E-state index in [-0.39, 0.29) is 22.7 Å².